The van der Waals surface area contributed by atoms with E-state index in [4.69, 9.17) is 4.74 Å². The van der Waals surface area contributed by atoms with Crippen molar-refractivity contribution in [3.8, 4) is 17.1 Å². The van der Waals surface area contributed by atoms with Crippen molar-refractivity contribution in [1.82, 2.24) is 14.9 Å². The number of carbonyl (C=O) groups is 1. The molecule has 190 valence electrons. The third-order valence-electron chi connectivity index (χ3n) is 5.77. The number of ether oxygens (including phenoxy) is 1. The Kier molecular flexibility index (Phi) is 6.68. The molecule has 0 fully saturated rings. The first-order valence-electron chi connectivity index (χ1n) is 11.0. The first-order valence-corrected chi connectivity index (χ1v) is 11.0. The maximum Gasteiger partial charge on any atom is 0.416 e. The minimum absolute atomic E-state index is 0.00159. The van der Waals surface area contributed by atoms with E-state index in [0.29, 0.717) is 17.7 Å². The van der Waals surface area contributed by atoms with Gasteiger partial charge in [-0.25, -0.2) is 9.97 Å². The van der Waals surface area contributed by atoms with Gasteiger partial charge >= 0.3 is 12.4 Å². The fraction of sp³-hybridized carbons (Fsp3) is 0.320. The van der Waals surface area contributed by atoms with Crippen LogP contribution in [0, 0.1) is 12.8 Å². The van der Waals surface area contributed by atoms with E-state index in [1.165, 1.54) is 11.2 Å². The molecule has 0 saturated heterocycles. The van der Waals surface area contributed by atoms with Crippen LogP contribution in [0.5, 0.6) is 5.88 Å². The zero-order valence-corrected chi connectivity index (χ0v) is 19.2. The zero-order valence-electron chi connectivity index (χ0n) is 19.2. The van der Waals surface area contributed by atoms with Gasteiger partial charge in [-0.1, -0.05) is 31.2 Å². The van der Waals surface area contributed by atoms with E-state index in [-0.39, 0.29) is 47.8 Å². The Morgan fingerprint density at radius 2 is 1.64 bits per heavy atom. The largest absolute Gasteiger partial charge is 0.477 e. The van der Waals surface area contributed by atoms with Crippen LogP contribution < -0.4 is 4.74 Å². The maximum absolute atomic E-state index is 13.7. The van der Waals surface area contributed by atoms with Crippen molar-refractivity contribution in [3.05, 3.63) is 76.6 Å². The second-order valence-electron chi connectivity index (χ2n) is 8.73. The van der Waals surface area contributed by atoms with Gasteiger partial charge in [-0.05, 0) is 36.2 Å². The predicted octanol–water partition coefficient (Wildman–Crippen LogP) is 6.16. The van der Waals surface area contributed by atoms with E-state index in [1.54, 1.807) is 19.1 Å². The highest BCUT2D eigenvalue weighted by Crippen LogP contribution is 2.37. The summed E-state index contributed by atoms with van der Waals surface area (Å²) in [6, 6.07) is 8.46. The van der Waals surface area contributed by atoms with Crippen molar-refractivity contribution in [1.29, 1.82) is 0 Å². The van der Waals surface area contributed by atoms with Crippen LogP contribution in [0.2, 0.25) is 0 Å². The van der Waals surface area contributed by atoms with Gasteiger partial charge in [0, 0.05) is 24.6 Å². The molecule has 1 aromatic heterocycles. The molecule has 4 rings (SSSR count). The van der Waals surface area contributed by atoms with Gasteiger partial charge < -0.3 is 9.64 Å². The van der Waals surface area contributed by atoms with Gasteiger partial charge in [0.1, 0.15) is 11.9 Å². The van der Waals surface area contributed by atoms with Crippen molar-refractivity contribution in [3.63, 3.8) is 0 Å². The topological polar surface area (TPSA) is 55.3 Å². The number of hydrogen-bond donors (Lipinski definition) is 0. The number of alkyl halides is 6. The smallest absolute Gasteiger partial charge is 0.416 e. The molecular formula is C25H21F6N3O2. The number of carbonyl (C=O) groups excluding carboxylic acids is 1. The van der Waals surface area contributed by atoms with Gasteiger partial charge in [0.25, 0.3) is 5.91 Å². The lowest BCUT2D eigenvalue weighted by Crippen LogP contribution is -2.38. The third kappa shape index (κ3) is 5.29. The van der Waals surface area contributed by atoms with E-state index in [0.717, 1.165) is 5.56 Å². The fourth-order valence-electron chi connectivity index (χ4n) is 4.07. The minimum Gasteiger partial charge on any atom is -0.477 e. The van der Waals surface area contributed by atoms with Crippen LogP contribution in [-0.4, -0.2) is 33.9 Å². The van der Waals surface area contributed by atoms with Gasteiger partial charge in [-0.15, -0.1) is 0 Å². The summed E-state index contributed by atoms with van der Waals surface area (Å²) in [4.78, 5) is 23.3. The summed E-state index contributed by atoms with van der Waals surface area (Å²) < 4.78 is 85.9. The molecule has 0 unspecified atom stereocenters. The molecule has 0 saturated carbocycles. The van der Waals surface area contributed by atoms with Crippen LogP contribution in [0.1, 0.15) is 39.5 Å². The lowest BCUT2D eigenvalue weighted by Gasteiger charge is -2.30. The summed E-state index contributed by atoms with van der Waals surface area (Å²) in [5.41, 5.74) is -1.47. The van der Waals surface area contributed by atoms with Crippen molar-refractivity contribution in [2.45, 2.75) is 32.7 Å². The highest BCUT2D eigenvalue weighted by Gasteiger charge is 2.37. The van der Waals surface area contributed by atoms with Gasteiger partial charge in [-0.2, -0.15) is 26.3 Å². The van der Waals surface area contributed by atoms with Gasteiger partial charge in [0.15, 0.2) is 0 Å². The molecule has 1 aliphatic rings. The molecular weight excluding hydrogens is 488 g/mol. The van der Waals surface area contributed by atoms with E-state index in [1.807, 2.05) is 19.1 Å². The molecule has 2 aromatic carbocycles. The molecule has 0 spiro atoms. The number of amides is 1. The highest BCUT2D eigenvalue weighted by molar-refractivity contribution is 6.02. The van der Waals surface area contributed by atoms with Gasteiger partial charge in [0.05, 0.1) is 23.4 Å². The summed E-state index contributed by atoms with van der Waals surface area (Å²) in [5.74, 6) is -0.918. The number of halogens is 6. The van der Waals surface area contributed by atoms with Crippen LogP contribution in [0.15, 0.2) is 48.8 Å². The summed E-state index contributed by atoms with van der Waals surface area (Å²) >= 11 is 0. The fourth-order valence-corrected chi connectivity index (χ4v) is 4.07. The number of nitrogens with zero attached hydrogens (tertiary/aromatic N) is 3. The zero-order chi connectivity index (χ0) is 26.3. The predicted molar refractivity (Wildman–Crippen MR) is 118 cm³/mol. The molecule has 0 N–H and O–H groups in total. The Morgan fingerprint density at radius 1 is 1.00 bits per heavy atom. The first-order chi connectivity index (χ1) is 16.8. The van der Waals surface area contributed by atoms with E-state index < -0.39 is 35.9 Å². The van der Waals surface area contributed by atoms with Crippen LogP contribution in [0.3, 0.4) is 0 Å². The number of rotatable bonds is 3. The summed E-state index contributed by atoms with van der Waals surface area (Å²) in [6.07, 6.45) is -8.74. The number of benzene rings is 2. The molecule has 5 nitrogen and oxygen atoms in total. The van der Waals surface area contributed by atoms with Gasteiger partial charge in [-0.3, -0.25) is 4.79 Å². The first kappa shape index (κ1) is 25.5. The monoisotopic (exact) mass is 509 g/mol. The van der Waals surface area contributed by atoms with E-state index in [9.17, 15) is 31.1 Å². The molecule has 11 heteroatoms. The average Bonchev–Trinajstić information content (AvgIpc) is 2.80. The summed E-state index contributed by atoms with van der Waals surface area (Å²) in [7, 11) is 0. The van der Waals surface area contributed by atoms with Crippen molar-refractivity contribution < 1.29 is 35.9 Å². The summed E-state index contributed by atoms with van der Waals surface area (Å²) in [6.45, 7) is 3.27. The van der Waals surface area contributed by atoms with Crippen LogP contribution >= 0.6 is 0 Å². The molecule has 1 atom stereocenters. The molecule has 2 heterocycles. The highest BCUT2D eigenvalue weighted by atomic mass is 19.4. The average molecular weight is 509 g/mol. The van der Waals surface area contributed by atoms with Gasteiger partial charge in [0.2, 0.25) is 5.88 Å². The minimum atomic E-state index is -4.99. The molecule has 0 bridgehead atoms. The van der Waals surface area contributed by atoms with Crippen LogP contribution in [0.25, 0.3) is 11.3 Å². The standard InChI is InChI=1S/C25H21F6N3O2/c1-14-10-34(11-16-7-17(24(26,27)28)9-18(8-16)25(29,30)31)23(35)20-21(19-6-4-3-5-15(19)2)32-13-33-22(20)36-12-14/h3-9,13-14H,10-12H2,1-2H3/t14-/m1/s1. The van der Waals surface area contributed by atoms with Crippen LogP contribution in [0.4, 0.5) is 26.3 Å². The quantitative estimate of drug-likeness (QED) is 0.397. The SMILES string of the molecule is Cc1ccccc1-c1ncnc2c1C(=O)N(Cc1cc(C(F)(F)F)cc(C(F)(F)F)c1)C[C@@H](C)CO2. The normalized spacial score (nSPS) is 16.7. The Labute approximate surface area is 202 Å². The number of hydrogen-bond acceptors (Lipinski definition) is 4. The molecule has 0 radical (unpaired) electrons. The van der Waals surface area contributed by atoms with Crippen molar-refractivity contribution in [2.24, 2.45) is 5.92 Å². The molecule has 1 amide bonds. The van der Waals surface area contributed by atoms with Crippen molar-refractivity contribution >= 4 is 5.91 Å². The molecule has 1 aliphatic heterocycles. The number of aryl methyl sites for hydroxylation is 1. The Bertz CT molecular complexity index is 1260. The number of fused-ring (bicyclic) bond motifs is 1. The lowest BCUT2D eigenvalue weighted by molar-refractivity contribution is -0.143. The van der Waals surface area contributed by atoms with Crippen molar-refractivity contribution in [2.75, 3.05) is 13.2 Å². The Hall–Kier alpha value is -3.63. The van der Waals surface area contributed by atoms with Crippen LogP contribution in [-0.2, 0) is 18.9 Å². The molecule has 0 aliphatic carbocycles. The lowest BCUT2D eigenvalue weighted by atomic mass is 9.99. The maximum atomic E-state index is 13.7. The Morgan fingerprint density at radius 3 is 2.25 bits per heavy atom. The summed E-state index contributed by atoms with van der Waals surface area (Å²) in [5, 5.41) is 0. The van der Waals surface area contributed by atoms with E-state index in [2.05, 4.69) is 9.97 Å². The second-order valence-corrected chi connectivity index (χ2v) is 8.73. The third-order valence-corrected chi connectivity index (χ3v) is 5.77. The Balaban J connectivity index is 1.81. The number of aromatic nitrogens is 2. The second kappa shape index (κ2) is 9.44. The molecule has 36 heavy (non-hydrogen) atoms. The molecule has 3 aromatic rings. The van der Waals surface area contributed by atoms with E-state index >= 15 is 0 Å².